The molecule has 1 aromatic heterocycles. The number of anilines is 2. The molecule has 1 unspecified atom stereocenters. The second-order valence-electron chi connectivity index (χ2n) is 5.97. The molecule has 0 bridgehead atoms. The minimum atomic E-state index is -0.0293. The highest BCUT2D eigenvalue weighted by Crippen LogP contribution is 2.24. The van der Waals surface area contributed by atoms with Crippen LogP contribution in [0.15, 0.2) is 36.4 Å². The average molecular weight is 345 g/mol. The van der Waals surface area contributed by atoms with Crippen molar-refractivity contribution in [1.82, 2.24) is 15.1 Å². The van der Waals surface area contributed by atoms with Gasteiger partial charge in [-0.2, -0.15) is 0 Å². The third kappa shape index (κ3) is 3.67. The van der Waals surface area contributed by atoms with Crippen molar-refractivity contribution in [3.8, 4) is 0 Å². The van der Waals surface area contributed by atoms with E-state index in [2.05, 4.69) is 22.4 Å². The van der Waals surface area contributed by atoms with E-state index in [-0.39, 0.29) is 5.91 Å². The Morgan fingerprint density at radius 2 is 2.08 bits per heavy atom. The second-order valence-corrected chi connectivity index (χ2v) is 6.37. The number of nitrogens with zero attached hydrogens (tertiary/aromatic N) is 3. The summed E-state index contributed by atoms with van der Waals surface area (Å²) in [7, 11) is 0. The number of hydrogen-bond donors (Lipinski definition) is 1. The van der Waals surface area contributed by atoms with Crippen molar-refractivity contribution in [3.05, 3.63) is 47.1 Å². The van der Waals surface area contributed by atoms with Crippen LogP contribution in [-0.4, -0.2) is 33.6 Å². The zero-order valence-corrected chi connectivity index (χ0v) is 14.5. The summed E-state index contributed by atoms with van der Waals surface area (Å²) in [6, 6.07) is 11.2. The summed E-state index contributed by atoms with van der Waals surface area (Å²) < 4.78 is 0. The van der Waals surface area contributed by atoms with Crippen molar-refractivity contribution in [2.24, 2.45) is 0 Å². The molecular weight excluding hydrogens is 324 g/mol. The van der Waals surface area contributed by atoms with E-state index in [1.165, 1.54) is 6.42 Å². The largest absolute Gasteiger partial charge is 0.338 e. The van der Waals surface area contributed by atoms with Crippen LogP contribution in [-0.2, 0) is 0 Å². The molecule has 3 rings (SSSR count). The molecule has 24 heavy (non-hydrogen) atoms. The molecular formula is C18H21ClN4O. The SMILES string of the molecule is CCC1CCCCN1C(=O)c1ccc(Nc2ccccc2Cl)nn1. The minimum absolute atomic E-state index is 0.0293. The van der Waals surface area contributed by atoms with Gasteiger partial charge in [0.25, 0.3) is 5.91 Å². The lowest BCUT2D eigenvalue weighted by Crippen LogP contribution is -2.43. The quantitative estimate of drug-likeness (QED) is 0.899. The normalized spacial score (nSPS) is 17.6. The van der Waals surface area contributed by atoms with Gasteiger partial charge in [-0.15, -0.1) is 10.2 Å². The monoisotopic (exact) mass is 344 g/mol. The van der Waals surface area contributed by atoms with E-state index in [4.69, 9.17) is 11.6 Å². The molecule has 6 heteroatoms. The van der Waals surface area contributed by atoms with E-state index in [1.807, 2.05) is 23.1 Å². The number of benzene rings is 1. The van der Waals surface area contributed by atoms with Crippen LogP contribution < -0.4 is 5.32 Å². The average Bonchev–Trinajstić information content (AvgIpc) is 2.63. The van der Waals surface area contributed by atoms with Crippen molar-refractivity contribution < 1.29 is 4.79 Å². The molecule has 1 N–H and O–H groups in total. The van der Waals surface area contributed by atoms with Crippen LogP contribution in [0.4, 0.5) is 11.5 Å². The lowest BCUT2D eigenvalue weighted by atomic mass is 9.99. The van der Waals surface area contributed by atoms with E-state index in [1.54, 1.807) is 18.2 Å². The molecule has 126 valence electrons. The van der Waals surface area contributed by atoms with E-state index < -0.39 is 0 Å². The Morgan fingerprint density at radius 1 is 1.25 bits per heavy atom. The fourth-order valence-electron chi connectivity index (χ4n) is 3.05. The number of hydrogen-bond acceptors (Lipinski definition) is 4. The fourth-order valence-corrected chi connectivity index (χ4v) is 3.24. The third-order valence-corrected chi connectivity index (χ3v) is 4.71. The molecule has 0 radical (unpaired) electrons. The highest BCUT2D eigenvalue weighted by molar-refractivity contribution is 6.33. The number of amides is 1. The Kier molecular flexibility index (Phi) is 5.30. The number of rotatable bonds is 4. The highest BCUT2D eigenvalue weighted by atomic mass is 35.5. The van der Waals surface area contributed by atoms with Gasteiger partial charge in [0.05, 0.1) is 10.7 Å². The summed E-state index contributed by atoms with van der Waals surface area (Å²) in [5, 5.41) is 11.9. The van der Waals surface area contributed by atoms with Crippen molar-refractivity contribution >= 4 is 29.0 Å². The summed E-state index contributed by atoms with van der Waals surface area (Å²) in [4.78, 5) is 14.6. The minimum Gasteiger partial charge on any atom is -0.338 e. The first-order valence-electron chi connectivity index (χ1n) is 8.35. The summed E-state index contributed by atoms with van der Waals surface area (Å²) >= 11 is 6.12. The van der Waals surface area contributed by atoms with Gasteiger partial charge in [-0.25, -0.2) is 0 Å². The second kappa shape index (κ2) is 7.62. The van der Waals surface area contributed by atoms with Gasteiger partial charge in [0.1, 0.15) is 0 Å². The molecule has 1 aliphatic heterocycles. The molecule has 0 spiro atoms. The number of likely N-dealkylation sites (tertiary alicyclic amines) is 1. The number of carbonyl (C=O) groups excluding carboxylic acids is 1. The lowest BCUT2D eigenvalue weighted by molar-refractivity contribution is 0.0601. The number of carbonyl (C=O) groups is 1. The molecule has 5 nitrogen and oxygen atoms in total. The van der Waals surface area contributed by atoms with E-state index in [9.17, 15) is 4.79 Å². The van der Waals surface area contributed by atoms with Crippen LogP contribution in [0.2, 0.25) is 5.02 Å². The standard InChI is InChI=1S/C18H21ClN4O/c1-2-13-7-5-6-12-23(13)18(24)16-10-11-17(22-21-16)20-15-9-4-3-8-14(15)19/h3-4,8-11,13H,2,5-7,12H2,1H3,(H,20,22). The van der Waals surface area contributed by atoms with Gasteiger partial charge >= 0.3 is 0 Å². The number of halogens is 1. The molecule has 0 aliphatic carbocycles. The molecule has 2 heterocycles. The Hall–Kier alpha value is -2.14. The van der Waals surface area contributed by atoms with Crippen LogP contribution in [0, 0.1) is 0 Å². The molecule has 1 fully saturated rings. The molecule has 1 atom stereocenters. The number of aromatic nitrogens is 2. The Balaban J connectivity index is 1.72. The number of piperidine rings is 1. The Morgan fingerprint density at radius 3 is 2.79 bits per heavy atom. The lowest BCUT2D eigenvalue weighted by Gasteiger charge is -2.34. The van der Waals surface area contributed by atoms with Gasteiger partial charge < -0.3 is 10.2 Å². The van der Waals surface area contributed by atoms with Crippen molar-refractivity contribution in [2.75, 3.05) is 11.9 Å². The van der Waals surface area contributed by atoms with Crippen molar-refractivity contribution in [1.29, 1.82) is 0 Å². The van der Waals surface area contributed by atoms with Crippen LogP contribution in [0.25, 0.3) is 0 Å². The fraction of sp³-hybridized carbons (Fsp3) is 0.389. The van der Waals surface area contributed by atoms with Crippen molar-refractivity contribution in [3.63, 3.8) is 0 Å². The van der Waals surface area contributed by atoms with Crippen LogP contribution >= 0.6 is 11.6 Å². The zero-order valence-electron chi connectivity index (χ0n) is 13.7. The van der Waals surface area contributed by atoms with Gasteiger partial charge in [-0.05, 0) is 49.9 Å². The predicted molar refractivity (Wildman–Crippen MR) is 95.7 cm³/mol. The molecule has 1 aromatic carbocycles. The van der Waals surface area contributed by atoms with E-state index in [0.717, 1.165) is 31.5 Å². The molecule has 0 saturated carbocycles. The Labute approximate surface area is 147 Å². The maximum absolute atomic E-state index is 12.7. The van der Waals surface area contributed by atoms with Crippen LogP contribution in [0.5, 0.6) is 0 Å². The van der Waals surface area contributed by atoms with Crippen molar-refractivity contribution in [2.45, 2.75) is 38.6 Å². The van der Waals surface area contributed by atoms with Crippen LogP contribution in [0.1, 0.15) is 43.1 Å². The summed E-state index contributed by atoms with van der Waals surface area (Å²) in [6.07, 6.45) is 4.30. The maximum atomic E-state index is 12.7. The van der Waals surface area contributed by atoms with Gasteiger partial charge in [0.2, 0.25) is 0 Å². The molecule has 1 saturated heterocycles. The van der Waals surface area contributed by atoms with Crippen LogP contribution in [0.3, 0.4) is 0 Å². The molecule has 2 aromatic rings. The summed E-state index contributed by atoms with van der Waals surface area (Å²) in [5.74, 6) is 0.531. The first-order chi connectivity index (χ1) is 11.7. The maximum Gasteiger partial charge on any atom is 0.274 e. The topological polar surface area (TPSA) is 58.1 Å². The van der Waals surface area contributed by atoms with Gasteiger partial charge in [-0.1, -0.05) is 30.7 Å². The van der Waals surface area contributed by atoms with Gasteiger partial charge in [0, 0.05) is 12.6 Å². The van der Waals surface area contributed by atoms with E-state index >= 15 is 0 Å². The Bertz CT molecular complexity index is 704. The smallest absolute Gasteiger partial charge is 0.274 e. The van der Waals surface area contributed by atoms with Gasteiger partial charge in [0.15, 0.2) is 11.5 Å². The first-order valence-corrected chi connectivity index (χ1v) is 8.73. The first kappa shape index (κ1) is 16.7. The third-order valence-electron chi connectivity index (χ3n) is 4.38. The highest BCUT2D eigenvalue weighted by Gasteiger charge is 2.27. The number of para-hydroxylation sites is 1. The number of nitrogens with one attached hydrogen (secondary N) is 1. The van der Waals surface area contributed by atoms with Gasteiger partial charge in [-0.3, -0.25) is 4.79 Å². The summed E-state index contributed by atoms with van der Waals surface area (Å²) in [6.45, 7) is 2.93. The van der Waals surface area contributed by atoms with E-state index in [0.29, 0.717) is 22.6 Å². The predicted octanol–water partition coefficient (Wildman–Crippen LogP) is 4.28. The zero-order chi connectivity index (χ0) is 16.9. The molecule has 1 amide bonds. The molecule has 1 aliphatic rings. The summed E-state index contributed by atoms with van der Waals surface area (Å²) in [5.41, 5.74) is 1.15.